The number of halogens is 1. The van der Waals surface area contributed by atoms with Crippen molar-refractivity contribution in [2.75, 3.05) is 6.61 Å². The van der Waals surface area contributed by atoms with Gasteiger partial charge in [-0.1, -0.05) is 75.8 Å². The largest absolute Gasteiger partial charge is 0.513 e. The van der Waals surface area contributed by atoms with Gasteiger partial charge in [-0.05, 0) is 47.3 Å². The Morgan fingerprint density at radius 3 is 2.25 bits per heavy atom. The molecule has 0 aliphatic heterocycles. The van der Waals surface area contributed by atoms with Crippen LogP contribution in [0.3, 0.4) is 0 Å². The second kappa shape index (κ2) is 12.2. The maximum atomic E-state index is 11.9. The fourth-order valence-electron chi connectivity index (χ4n) is 2.96. The molecular weight excluding hydrogens is 376 g/mol. The second-order valence-corrected chi connectivity index (χ2v) is 7.01. The molecule has 5 heteroatoms. The first-order chi connectivity index (χ1) is 13.6. The molecule has 2 rings (SSSR count). The molecule has 150 valence electrons. The lowest BCUT2D eigenvalue weighted by atomic mass is 10.00. The van der Waals surface area contributed by atoms with Crippen LogP contribution in [0.1, 0.15) is 62.2 Å². The summed E-state index contributed by atoms with van der Waals surface area (Å²) >= 11 is 5.72. The van der Waals surface area contributed by atoms with Crippen molar-refractivity contribution >= 4 is 23.0 Å². The SMILES string of the molecule is CCCCCCCCCOC(=O)Oc1ccc(-c2ccccc2)c(C(=O)Cl)c1. The van der Waals surface area contributed by atoms with E-state index in [4.69, 9.17) is 21.1 Å². The Morgan fingerprint density at radius 1 is 0.893 bits per heavy atom. The molecule has 2 aromatic carbocycles. The van der Waals surface area contributed by atoms with Crippen molar-refractivity contribution in [3.63, 3.8) is 0 Å². The van der Waals surface area contributed by atoms with Gasteiger partial charge in [0.05, 0.1) is 6.61 Å². The second-order valence-electron chi connectivity index (χ2n) is 6.67. The summed E-state index contributed by atoms with van der Waals surface area (Å²) in [5, 5.41) is -0.610. The number of hydrogen-bond donors (Lipinski definition) is 0. The zero-order valence-corrected chi connectivity index (χ0v) is 17.0. The van der Waals surface area contributed by atoms with E-state index in [-0.39, 0.29) is 11.3 Å². The maximum absolute atomic E-state index is 11.9. The molecule has 0 spiro atoms. The minimum absolute atomic E-state index is 0.230. The van der Waals surface area contributed by atoms with Crippen LogP contribution < -0.4 is 4.74 Å². The van der Waals surface area contributed by atoms with E-state index in [1.807, 2.05) is 30.3 Å². The Hall–Kier alpha value is -2.33. The number of carbonyl (C=O) groups is 2. The number of benzene rings is 2. The van der Waals surface area contributed by atoms with Gasteiger partial charge >= 0.3 is 6.16 Å². The standard InChI is InChI=1S/C23H27ClO4/c1-2-3-4-5-6-7-11-16-27-23(26)28-19-14-15-20(21(17-19)22(24)25)18-12-9-8-10-13-18/h8-10,12-15,17H,2-7,11,16H2,1H3. The monoisotopic (exact) mass is 402 g/mol. The van der Waals surface area contributed by atoms with Gasteiger partial charge in [-0.3, -0.25) is 4.79 Å². The van der Waals surface area contributed by atoms with E-state index in [1.54, 1.807) is 12.1 Å². The van der Waals surface area contributed by atoms with Crippen molar-refractivity contribution in [1.29, 1.82) is 0 Å². The van der Waals surface area contributed by atoms with Gasteiger partial charge in [0.1, 0.15) is 5.75 Å². The smallest absolute Gasteiger partial charge is 0.434 e. The maximum Gasteiger partial charge on any atom is 0.513 e. The quantitative estimate of drug-likeness (QED) is 0.176. The Bertz CT molecular complexity index is 758. The lowest BCUT2D eigenvalue weighted by Crippen LogP contribution is -2.12. The highest BCUT2D eigenvalue weighted by atomic mass is 35.5. The molecule has 28 heavy (non-hydrogen) atoms. The van der Waals surface area contributed by atoms with Crippen LogP contribution in [0.4, 0.5) is 4.79 Å². The van der Waals surface area contributed by atoms with Crippen LogP contribution in [0.5, 0.6) is 5.75 Å². The lowest BCUT2D eigenvalue weighted by molar-refractivity contribution is 0.0969. The number of ether oxygens (including phenoxy) is 2. The third-order valence-electron chi connectivity index (χ3n) is 4.46. The van der Waals surface area contributed by atoms with Crippen LogP contribution in [0.15, 0.2) is 48.5 Å². The van der Waals surface area contributed by atoms with E-state index in [0.717, 1.165) is 24.8 Å². The van der Waals surface area contributed by atoms with E-state index in [0.29, 0.717) is 12.2 Å². The molecule has 0 aliphatic rings. The van der Waals surface area contributed by atoms with Crippen LogP contribution in [-0.2, 0) is 4.74 Å². The predicted octanol–water partition coefficient (Wildman–Crippen LogP) is 7.00. The minimum atomic E-state index is -0.772. The molecule has 2 aromatic rings. The number of hydrogen-bond acceptors (Lipinski definition) is 4. The van der Waals surface area contributed by atoms with Crippen LogP contribution in [0.25, 0.3) is 11.1 Å². The van der Waals surface area contributed by atoms with Crippen molar-refractivity contribution in [3.05, 3.63) is 54.1 Å². The van der Waals surface area contributed by atoms with Crippen LogP contribution >= 0.6 is 11.6 Å². The zero-order chi connectivity index (χ0) is 20.2. The minimum Gasteiger partial charge on any atom is -0.434 e. The summed E-state index contributed by atoms with van der Waals surface area (Å²) in [5.41, 5.74) is 1.83. The fourth-order valence-corrected chi connectivity index (χ4v) is 3.12. The predicted molar refractivity (Wildman–Crippen MR) is 112 cm³/mol. The van der Waals surface area contributed by atoms with Gasteiger partial charge in [-0.25, -0.2) is 4.79 Å². The van der Waals surface area contributed by atoms with Gasteiger partial charge in [-0.2, -0.15) is 0 Å². The van der Waals surface area contributed by atoms with E-state index < -0.39 is 11.4 Å². The molecule has 0 bridgehead atoms. The number of carbonyl (C=O) groups excluding carboxylic acids is 2. The van der Waals surface area contributed by atoms with Gasteiger partial charge in [0.15, 0.2) is 0 Å². The average molecular weight is 403 g/mol. The summed E-state index contributed by atoms with van der Waals surface area (Å²) in [6, 6.07) is 14.2. The molecular formula is C23H27ClO4. The van der Waals surface area contributed by atoms with Crippen molar-refractivity contribution in [2.45, 2.75) is 51.9 Å². The first-order valence-electron chi connectivity index (χ1n) is 9.85. The molecule has 0 heterocycles. The molecule has 0 atom stereocenters. The molecule has 4 nitrogen and oxygen atoms in total. The Morgan fingerprint density at radius 2 is 1.57 bits per heavy atom. The van der Waals surface area contributed by atoms with Crippen molar-refractivity contribution in [3.8, 4) is 16.9 Å². The average Bonchev–Trinajstić information content (AvgIpc) is 2.70. The normalized spacial score (nSPS) is 10.5. The van der Waals surface area contributed by atoms with Crippen LogP contribution in [0.2, 0.25) is 0 Å². The summed E-state index contributed by atoms with van der Waals surface area (Å²) in [5.74, 6) is 0.230. The summed E-state index contributed by atoms with van der Waals surface area (Å²) in [4.78, 5) is 23.7. The molecule has 0 saturated carbocycles. The molecule has 0 amide bonds. The zero-order valence-electron chi connectivity index (χ0n) is 16.3. The Balaban J connectivity index is 1.84. The molecule has 0 unspecified atom stereocenters. The van der Waals surface area contributed by atoms with Crippen molar-refractivity contribution in [1.82, 2.24) is 0 Å². The number of rotatable bonds is 11. The molecule has 0 aliphatic carbocycles. The number of unbranched alkanes of at least 4 members (excludes halogenated alkanes) is 6. The van der Waals surface area contributed by atoms with Gasteiger partial charge in [0.2, 0.25) is 0 Å². The highest BCUT2D eigenvalue weighted by Crippen LogP contribution is 2.28. The summed E-state index contributed by atoms with van der Waals surface area (Å²) < 4.78 is 10.3. The fraction of sp³-hybridized carbons (Fsp3) is 0.391. The topological polar surface area (TPSA) is 52.6 Å². The van der Waals surface area contributed by atoms with E-state index in [2.05, 4.69) is 6.92 Å². The van der Waals surface area contributed by atoms with Gasteiger partial charge in [-0.15, -0.1) is 0 Å². The first-order valence-corrected chi connectivity index (χ1v) is 10.2. The van der Waals surface area contributed by atoms with E-state index in [9.17, 15) is 9.59 Å². The Labute approximate surface area is 171 Å². The highest BCUT2D eigenvalue weighted by Gasteiger charge is 2.14. The van der Waals surface area contributed by atoms with Gasteiger partial charge in [0, 0.05) is 5.56 Å². The highest BCUT2D eigenvalue weighted by molar-refractivity contribution is 6.68. The molecule has 0 fully saturated rings. The van der Waals surface area contributed by atoms with E-state index in [1.165, 1.54) is 31.7 Å². The van der Waals surface area contributed by atoms with Crippen molar-refractivity contribution in [2.24, 2.45) is 0 Å². The van der Waals surface area contributed by atoms with Crippen LogP contribution in [0, 0.1) is 0 Å². The van der Waals surface area contributed by atoms with E-state index >= 15 is 0 Å². The third-order valence-corrected chi connectivity index (χ3v) is 4.66. The Kier molecular flexibility index (Phi) is 9.56. The summed E-state index contributed by atoms with van der Waals surface area (Å²) in [6.45, 7) is 2.52. The van der Waals surface area contributed by atoms with Crippen molar-refractivity contribution < 1.29 is 19.1 Å². The summed E-state index contributed by atoms with van der Waals surface area (Å²) in [6.07, 6.45) is 7.23. The van der Waals surface area contributed by atoms with Crippen LogP contribution in [-0.4, -0.2) is 18.0 Å². The third kappa shape index (κ3) is 7.35. The van der Waals surface area contributed by atoms with Gasteiger partial charge < -0.3 is 9.47 Å². The first kappa shape index (κ1) is 22.0. The molecule has 0 aromatic heterocycles. The molecule has 0 N–H and O–H groups in total. The van der Waals surface area contributed by atoms with Gasteiger partial charge in [0.25, 0.3) is 5.24 Å². The molecule has 0 saturated heterocycles. The molecule has 0 radical (unpaired) electrons. The summed E-state index contributed by atoms with van der Waals surface area (Å²) in [7, 11) is 0. The lowest BCUT2D eigenvalue weighted by Gasteiger charge is -2.10.